The van der Waals surface area contributed by atoms with Crippen molar-refractivity contribution in [2.24, 2.45) is 0 Å². The zero-order valence-corrected chi connectivity index (χ0v) is 18.5. The van der Waals surface area contributed by atoms with Crippen LogP contribution in [-0.2, 0) is 19.6 Å². The number of aromatic amines is 1. The Kier molecular flexibility index (Phi) is 6.17. The summed E-state index contributed by atoms with van der Waals surface area (Å²) in [7, 11) is 0. The minimum Gasteiger partial charge on any atom is -0.354 e. The predicted octanol–water partition coefficient (Wildman–Crippen LogP) is 1.13. The highest BCUT2D eigenvalue weighted by Gasteiger charge is 2.22. The summed E-state index contributed by atoms with van der Waals surface area (Å²) in [4.78, 5) is 45.5. The highest BCUT2D eigenvalue weighted by molar-refractivity contribution is 5.71. The predicted molar refractivity (Wildman–Crippen MR) is 119 cm³/mol. The molecular formula is C21H30N8O2. The molecule has 31 heavy (non-hydrogen) atoms. The molecule has 1 N–H and O–H groups in total. The Bertz CT molecular complexity index is 1170. The van der Waals surface area contributed by atoms with E-state index in [4.69, 9.17) is 4.98 Å². The van der Waals surface area contributed by atoms with E-state index in [1.54, 1.807) is 10.8 Å². The molecule has 1 fully saturated rings. The van der Waals surface area contributed by atoms with Crippen LogP contribution in [0.25, 0.3) is 11.2 Å². The van der Waals surface area contributed by atoms with Gasteiger partial charge in [0, 0.05) is 45.5 Å². The molecule has 0 amide bonds. The molecule has 0 bridgehead atoms. The van der Waals surface area contributed by atoms with E-state index in [0.717, 1.165) is 56.5 Å². The normalized spacial score (nSPS) is 15.1. The molecule has 3 aromatic rings. The number of H-pyrrole nitrogens is 1. The van der Waals surface area contributed by atoms with Crippen LogP contribution in [0.2, 0.25) is 0 Å². The number of hydrogen-bond donors (Lipinski definition) is 1. The van der Waals surface area contributed by atoms with Crippen LogP contribution >= 0.6 is 0 Å². The fourth-order valence-electron chi connectivity index (χ4n) is 4.16. The van der Waals surface area contributed by atoms with Crippen molar-refractivity contribution in [3.05, 3.63) is 44.8 Å². The van der Waals surface area contributed by atoms with Gasteiger partial charge in [0.05, 0.1) is 6.54 Å². The second-order valence-electron chi connectivity index (χ2n) is 7.93. The number of nitrogens with zero attached hydrogens (tertiary/aromatic N) is 7. The van der Waals surface area contributed by atoms with E-state index in [1.165, 1.54) is 0 Å². The Labute approximate surface area is 180 Å². The highest BCUT2D eigenvalue weighted by atomic mass is 16.2. The summed E-state index contributed by atoms with van der Waals surface area (Å²) in [5.74, 6) is 2.56. The van der Waals surface area contributed by atoms with Crippen molar-refractivity contribution in [3.63, 3.8) is 0 Å². The molecule has 3 aromatic heterocycles. The van der Waals surface area contributed by atoms with Gasteiger partial charge < -0.3 is 9.47 Å². The molecule has 1 aliphatic heterocycles. The first-order valence-electron chi connectivity index (χ1n) is 11.0. The maximum absolute atomic E-state index is 12.6. The lowest BCUT2D eigenvalue weighted by Gasteiger charge is -2.35. The molecule has 4 rings (SSSR count). The molecule has 0 aromatic carbocycles. The molecule has 10 heteroatoms. The Morgan fingerprint density at radius 1 is 1.06 bits per heavy atom. The average Bonchev–Trinajstić information content (AvgIpc) is 3.12. The molecule has 0 saturated carbocycles. The zero-order valence-electron chi connectivity index (χ0n) is 18.5. The lowest BCUT2D eigenvalue weighted by atomic mass is 10.3. The molecular weight excluding hydrogens is 396 g/mol. The SMILES string of the molecule is CCCCn1c(=O)[nH]c(=O)c2c1nc(CN1CCN(c3ccnc(C)n3)CC1)n2CC. The Morgan fingerprint density at radius 2 is 1.84 bits per heavy atom. The van der Waals surface area contributed by atoms with Crippen molar-refractivity contribution in [2.75, 3.05) is 31.1 Å². The van der Waals surface area contributed by atoms with Gasteiger partial charge in [-0.25, -0.2) is 19.7 Å². The van der Waals surface area contributed by atoms with Crippen LogP contribution < -0.4 is 16.1 Å². The second kappa shape index (κ2) is 9.01. The number of rotatable bonds is 7. The number of nitrogens with one attached hydrogen (secondary N) is 1. The van der Waals surface area contributed by atoms with Crippen molar-refractivity contribution >= 4 is 17.0 Å². The van der Waals surface area contributed by atoms with E-state index in [-0.39, 0.29) is 11.2 Å². The number of aryl methyl sites for hydroxylation is 3. The zero-order chi connectivity index (χ0) is 22.0. The third kappa shape index (κ3) is 4.25. The van der Waals surface area contributed by atoms with Crippen molar-refractivity contribution in [1.29, 1.82) is 0 Å². The molecule has 0 aliphatic carbocycles. The van der Waals surface area contributed by atoms with Crippen LogP contribution in [0.1, 0.15) is 38.3 Å². The Hall–Kier alpha value is -3.01. The molecule has 166 valence electrons. The first kappa shape index (κ1) is 21.2. The van der Waals surface area contributed by atoms with E-state index in [2.05, 4.69) is 31.7 Å². The van der Waals surface area contributed by atoms with E-state index in [9.17, 15) is 9.59 Å². The molecule has 0 unspecified atom stereocenters. The van der Waals surface area contributed by atoms with Crippen molar-refractivity contribution in [1.82, 2.24) is 34.0 Å². The molecule has 1 aliphatic rings. The maximum Gasteiger partial charge on any atom is 0.330 e. The van der Waals surface area contributed by atoms with Crippen molar-refractivity contribution in [3.8, 4) is 0 Å². The van der Waals surface area contributed by atoms with Crippen molar-refractivity contribution in [2.45, 2.75) is 53.2 Å². The van der Waals surface area contributed by atoms with Gasteiger partial charge in [-0.2, -0.15) is 0 Å². The third-order valence-electron chi connectivity index (χ3n) is 5.84. The van der Waals surface area contributed by atoms with Gasteiger partial charge in [0.25, 0.3) is 5.56 Å². The number of imidazole rings is 1. The summed E-state index contributed by atoms with van der Waals surface area (Å²) in [6.07, 6.45) is 3.62. The summed E-state index contributed by atoms with van der Waals surface area (Å²) in [6, 6.07) is 1.95. The summed E-state index contributed by atoms with van der Waals surface area (Å²) >= 11 is 0. The highest BCUT2D eigenvalue weighted by Crippen LogP contribution is 2.17. The van der Waals surface area contributed by atoms with Crippen LogP contribution in [0.4, 0.5) is 5.82 Å². The monoisotopic (exact) mass is 426 g/mol. The van der Waals surface area contributed by atoms with Gasteiger partial charge in [-0.1, -0.05) is 13.3 Å². The number of piperazine rings is 1. The minimum atomic E-state index is -0.382. The quantitative estimate of drug-likeness (QED) is 0.604. The second-order valence-corrected chi connectivity index (χ2v) is 7.93. The summed E-state index contributed by atoms with van der Waals surface area (Å²) < 4.78 is 3.54. The Morgan fingerprint density at radius 3 is 2.52 bits per heavy atom. The van der Waals surface area contributed by atoms with Crippen molar-refractivity contribution < 1.29 is 0 Å². The topological polar surface area (TPSA) is 105 Å². The lowest BCUT2D eigenvalue weighted by molar-refractivity contribution is 0.241. The van der Waals surface area contributed by atoms with E-state index < -0.39 is 0 Å². The maximum atomic E-state index is 12.6. The molecule has 0 spiro atoms. The lowest BCUT2D eigenvalue weighted by Crippen LogP contribution is -2.46. The standard InChI is InChI=1S/C21H30N8O2/c1-4-6-9-29-19-18(20(30)25-21(29)31)28(5-2)17(24-19)14-26-10-12-27(13-11-26)16-7-8-22-15(3)23-16/h7-8H,4-6,9-14H2,1-3H3,(H,25,30,31). The number of aromatic nitrogens is 6. The first-order valence-corrected chi connectivity index (χ1v) is 11.0. The number of anilines is 1. The first-order chi connectivity index (χ1) is 15.0. The number of unbranched alkanes of at least 4 members (excludes halogenated alkanes) is 1. The van der Waals surface area contributed by atoms with Crippen LogP contribution in [0.3, 0.4) is 0 Å². The molecule has 0 atom stereocenters. The average molecular weight is 427 g/mol. The number of hydrogen-bond acceptors (Lipinski definition) is 7. The van der Waals surface area contributed by atoms with Crippen LogP contribution in [0.15, 0.2) is 21.9 Å². The van der Waals surface area contributed by atoms with Gasteiger partial charge in [-0.05, 0) is 26.3 Å². The smallest absolute Gasteiger partial charge is 0.330 e. The summed E-state index contributed by atoms with van der Waals surface area (Å²) in [6.45, 7) is 11.3. The van der Waals surface area contributed by atoms with Gasteiger partial charge in [-0.15, -0.1) is 0 Å². The fourth-order valence-corrected chi connectivity index (χ4v) is 4.16. The van der Waals surface area contributed by atoms with Gasteiger partial charge in [-0.3, -0.25) is 19.2 Å². The van der Waals surface area contributed by atoms with Gasteiger partial charge in [0.1, 0.15) is 17.5 Å². The minimum absolute atomic E-state index is 0.364. The fraction of sp³-hybridized carbons (Fsp3) is 0.571. The largest absolute Gasteiger partial charge is 0.354 e. The van der Waals surface area contributed by atoms with Gasteiger partial charge in [0.15, 0.2) is 11.2 Å². The van der Waals surface area contributed by atoms with E-state index >= 15 is 0 Å². The Balaban J connectivity index is 1.57. The van der Waals surface area contributed by atoms with Gasteiger partial charge in [0.2, 0.25) is 0 Å². The summed E-state index contributed by atoms with van der Waals surface area (Å²) in [5.41, 5.74) is 0.238. The molecule has 4 heterocycles. The van der Waals surface area contributed by atoms with Crippen LogP contribution in [-0.4, -0.2) is 60.1 Å². The third-order valence-corrected chi connectivity index (χ3v) is 5.84. The molecule has 1 saturated heterocycles. The van der Waals surface area contributed by atoms with Gasteiger partial charge >= 0.3 is 5.69 Å². The van der Waals surface area contributed by atoms with Crippen LogP contribution in [0, 0.1) is 6.92 Å². The molecule has 10 nitrogen and oxygen atoms in total. The molecule has 0 radical (unpaired) electrons. The van der Waals surface area contributed by atoms with E-state index in [1.807, 2.05) is 24.5 Å². The summed E-state index contributed by atoms with van der Waals surface area (Å²) in [5, 5.41) is 0. The van der Waals surface area contributed by atoms with E-state index in [0.29, 0.717) is 30.8 Å². The number of fused-ring (bicyclic) bond motifs is 1. The van der Waals surface area contributed by atoms with Crippen LogP contribution in [0.5, 0.6) is 0 Å².